The molecule has 0 aliphatic heterocycles. The molecule has 0 aliphatic carbocycles. The third kappa shape index (κ3) is 2.09. The van der Waals surface area contributed by atoms with Crippen LogP contribution < -0.4 is 5.19 Å². The molecule has 0 aliphatic rings. The lowest BCUT2D eigenvalue weighted by Crippen LogP contribution is -1.97. The van der Waals surface area contributed by atoms with E-state index in [-0.39, 0.29) is 11.0 Å². The van der Waals surface area contributed by atoms with E-state index in [1.807, 2.05) is 6.07 Å². The predicted molar refractivity (Wildman–Crippen MR) is 47.3 cm³/mol. The minimum Gasteiger partial charge on any atom is -0.0708 e. The summed E-state index contributed by atoms with van der Waals surface area (Å²) in [5, 5.41) is 1.46. The van der Waals surface area contributed by atoms with E-state index in [2.05, 4.69) is 24.3 Å². The van der Waals surface area contributed by atoms with Gasteiger partial charge in [0, 0.05) is 10.2 Å². The van der Waals surface area contributed by atoms with Crippen LogP contribution in [0, 0.1) is 0 Å². The second kappa shape index (κ2) is 3.63. The first-order valence-corrected chi connectivity index (χ1v) is 3.41. The quantitative estimate of drug-likeness (QED) is 0.374. The van der Waals surface area contributed by atoms with Crippen LogP contribution in [-0.4, -0.2) is 21.2 Å². The highest BCUT2D eigenvalue weighted by atomic mass is 28.1. The molecule has 1 aromatic carbocycles. The molecule has 0 spiro atoms. The molecule has 0 nitrogen and oxygen atoms in total. The second-order valence-electron chi connectivity index (χ2n) is 1.65. The van der Waals surface area contributed by atoms with Gasteiger partial charge in [0.1, 0.15) is 0 Å². The van der Waals surface area contributed by atoms with E-state index in [1.54, 1.807) is 0 Å². The van der Waals surface area contributed by atoms with Crippen molar-refractivity contribution in [3.8, 4) is 0 Å². The van der Waals surface area contributed by atoms with Gasteiger partial charge in [0.15, 0.2) is 0 Å². The van der Waals surface area contributed by atoms with Crippen LogP contribution in [0.25, 0.3) is 0 Å². The number of hydrogen-bond acceptors (Lipinski definition) is 0. The molecule has 0 unspecified atom stereocenters. The molecule has 8 heavy (non-hydrogen) atoms. The molecule has 0 bridgehead atoms. The topological polar surface area (TPSA) is 0 Å². The van der Waals surface area contributed by atoms with Crippen LogP contribution in [0.3, 0.4) is 0 Å². The van der Waals surface area contributed by atoms with Gasteiger partial charge in [0.05, 0.1) is 0 Å². The highest BCUT2D eigenvalue weighted by molar-refractivity contribution is 6.32. The molecule has 44 valence electrons. The van der Waals surface area contributed by atoms with Gasteiger partial charge in [-0.2, -0.15) is 0 Å². The molecule has 1 aromatic rings. The summed E-state index contributed by atoms with van der Waals surface area (Å²) in [6.45, 7) is 0. The molecule has 2 heteroatoms. The van der Waals surface area contributed by atoms with Gasteiger partial charge in [0.2, 0.25) is 0 Å². The van der Waals surface area contributed by atoms with Gasteiger partial charge in [0.25, 0.3) is 0 Å². The zero-order valence-corrected chi connectivity index (χ0v) is 6.39. The van der Waals surface area contributed by atoms with Crippen molar-refractivity contribution in [2.24, 2.45) is 0 Å². The molecular formula is C6H12Si2. The summed E-state index contributed by atoms with van der Waals surface area (Å²) in [7, 11) is 1.17. The third-order valence-electron chi connectivity index (χ3n) is 0.940. The van der Waals surface area contributed by atoms with Gasteiger partial charge in [-0.3, -0.25) is 0 Å². The molecule has 0 aromatic heterocycles. The van der Waals surface area contributed by atoms with Gasteiger partial charge in [-0.15, -0.1) is 0 Å². The van der Waals surface area contributed by atoms with E-state index in [1.165, 1.54) is 15.4 Å². The summed E-state index contributed by atoms with van der Waals surface area (Å²) in [4.78, 5) is 0. The maximum Gasteiger partial charge on any atom is 0.0384 e. The molecule has 0 atom stereocenters. The van der Waals surface area contributed by atoms with Crippen molar-refractivity contribution < 1.29 is 0 Å². The largest absolute Gasteiger partial charge is 0.0708 e. The van der Waals surface area contributed by atoms with Gasteiger partial charge in [-0.05, 0) is 11.0 Å². The number of benzene rings is 1. The second-order valence-corrected chi connectivity index (χ2v) is 2.81. The molecular weight excluding hydrogens is 128 g/mol. The van der Waals surface area contributed by atoms with E-state index in [0.717, 1.165) is 0 Å². The van der Waals surface area contributed by atoms with E-state index in [0.29, 0.717) is 0 Å². The van der Waals surface area contributed by atoms with Gasteiger partial charge in [-0.25, -0.2) is 0 Å². The third-order valence-corrected chi connectivity index (χ3v) is 1.61. The van der Waals surface area contributed by atoms with E-state index < -0.39 is 0 Å². The van der Waals surface area contributed by atoms with E-state index >= 15 is 0 Å². The summed E-state index contributed by atoms with van der Waals surface area (Å²) in [6, 6.07) is 10.5. The van der Waals surface area contributed by atoms with Crippen molar-refractivity contribution in [1.29, 1.82) is 0 Å². The lowest BCUT2D eigenvalue weighted by molar-refractivity contribution is 1.78. The average molecular weight is 140 g/mol. The van der Waals surface area contributed by atoms with Gasteiger partial charge < -0.3 is 0 Å². The fourth-order valence-corrected chi connectivity index (χ4v) is 0.919. The van der Waals surface area contributed by atoms with Crippen molar-refractivity contribution >= 4 is 26.4 Å². The Bertz CT molecular complexity index is 136. The molecule has 0 heterocycles. The first-order valence-electron chi connectivity index (χ1n) is 2.41. The summed E-state index contributed by atoms with van der Waals surface area (Å²) in [6.07, 6.45) is 0. The summed E-state index contributed by atoms with van der Waals surface area (Å²) >= 11 is 0. The molecule has 0 amide bonds. The highest BCUT2D eigenvalue weighted by Gasteiger charge is 1.72. The molecule has 0 fully saturated rings. The minimum atomic E-state index is 0. The van der Waals surface area contributed by atoms with Gasteiger partial charge >= 0.3 is 0 Å². The Morgan fingerprint density at radius 3 is 1.75 bits per heavy atom. The van der Waals surface area contributed by atoms with Crippen LogP contribution in [0.1, 0.15) is 0 Å². The predicted octanol–water partition coefficient (Wildman–Crippen LogP) is -1.77. The van der Waals surface area contributed by atoms with Crippen LogP contribution in [0.2, 0.25) is 0 Å². The Morgan fingerprint density at radius 2 is 1.50 bits per heavy atom. The smallest absolute Gasteiger partial charge is 0.0384 e. The van der Waals surface area contributed by atoms with Crippen molar-refractivity contribution in [1.82, 2.24) is 0 Å². The Hall–Kier alpha value is -0.346. The molecule has 1 rings (SSSR count). The van der Waals surface area contributed by atoms with Gasteiger partial charge in [-0.1, -0.05) is 35.5 Å². The Balaban J connectivity index is 0.000000490. The first-order chi connectivity index (χ1) is 3.39. The summed E-state index contributed by atoms with van der Waals surface area (Å²) < 4.78 is 0. The first kappa shape index (κ1) is 7.65. The monoisotopic (exact) mass is 140 g/mol. The van der Waals surface area contributed by atoms with Crippen molar-refractivity contribution in [3.05, 3.63) is 30.3 Å². The lowest BCUT2D eigenvalue weighted by atomic mass is 10.4. The molecule has 0 saturated carbocycles. The lowest BCUT2D eigenvalue weighted by Gasteiger charge is -1.82. The molecule has 0 saturated heterocycles. The van der Waals surface area contributed by atoms with Crippen LogP contribution in [0.4, 0.5) is 0 Å². The van der Waals surface area contributed by atoms with Crippen LogP contribution in [0.5, 0.6) is 0 Å². The Morgan fingerprint density at radius 1 is 1.00 bits per heavy atom. The van der Waals surface area contributed by atoms with Crippen molar-refractivity contribution in [2.75, 3.05) is 0 Å². The minimum absolute atomic E-state index is 0. The Labute approximate surface area is 57.4 Å². The fourth-order valence-electron chi connectivity index (χ4n) is 0.534. The SMILES string of the molecule is [SiH3]c1ccccc1.[SiH4]. The van der Waals surface area contributed by atoms with E-state index in [4.69, 9.17) is 0 Å². The zero-order chi connectivity index (χ0) is 5.11. The average Bonchev–Trinajstić information content (AvgIpc) is 1.69. The Kier molecular flexibility index (Phi) is 3.47. The molecule has 0 N–H and O–H groups in total. The van der Waals surface area contributed by atoms with Crippen molar-refractivity contribution in [3.63, 3.8) is 0 Å². The van der Waals surface area contributed by atoms with Crippen LogP contribution in [-0.2, 0) is 0 Å². The maximum atomic E-state index is 2.15. The van der Waals surface area contributed by atoms with Crippen LogP contribution >= 0.6 is 0 Å². The number of hydrogen-bond donors (Lipinski definition) is 0. The van der Waals surface area contributed by atoms with E-state index in [9.17, 15) is 0 Å². The van der Waals surface area contributed by atoms with Crippen molar-refractivity contribution in [2.45, 2.75) is 0 Å². The summed E-state index contributed by atoms with van der Waals surface area (Å²) in [5.41, 5.74) is 0. The summed E-state index contributed by atoms with van der Waals surface area (Å²) in [5.74, 6) is 0. The zero-order valence-electron chi connectivity index (χ0n) is 4.39. The fraction of sp³-hybridized carbons (Fsp3) is 0. The highest BCUT2D eigenvalue weighted by Crippen LogP contribution is 1.76. The maximum absolute atomic E-state index is 2.15. The normalized spacial score (nSPS) is 8.00. The molecule has 0 radical (unpaired) electrons. The number of rotatable bonds is 0. The standard InChI is InChI=1S/C6H8Si.H4Si/c7-6-4-2-1-3-5-6;/h1-5H,7H3;1H4. The van der Waals surface area contributed by atoms with Crippen LogP contribution in [0.15, 0.2) is 30.3 Å².